The monoisotopic (exact) mass is 276 g/mol. The van der Waals surface area contributed by atoms with Crippen LogP contribution in [0, 0.1) is 0 Å². The molecule has 0 saturated heterocycles. The fourth-order valence-corrected chi connectivity index (χ4v) is 2.62. The minimum atomic E-state index is -0.413. The molecule has 0 aliphatic heterocycles. The van der Waals surface area contributed by atoms with Crippen LogP contribution in [0.25, 0.3) is 0 Å². The van der Waals surface area contributed by atoms with E-state index in [0.29, 0.717) is 5.56 Å². The lowest BCUT2D eigenvalue weighted by molar-refractivity contribution is 0.0718. The predicted molar refractivity (Wildman–Crippen MR) is 81.0 cm³/mol. The maximum atomic E-state index is 12.4. The molecule has 0 heterocycles. The van der Waals surface area contributed by atoms with Crippen molar-refractivity contribution in [2.75, 3.05) is 11.9 Å². The van der Waals surface area contributed by atoms with E-state index < -0.39 is 6.10 Å². The zero-order valence-corrected chi connectivity index (χ0v) is 12.1. The summed E-state index contributed by atoms with van der Waals surface area (Å²) in [5.74, 6) is -0.102. The number of anilines is 1. The van der Waals surface area contributed by atoms with Gasteiger partial charge >= 0.3 is 0 Å². The highest BCUT2D eigenvalue weighted by atomic mass is 16.3. The molecular weight excluding hydrogens is 252 g/mol. The Balaban J connectivity index is 2.04. The van der Waals surface area contributed by atoms with Crippen molar-refractivity contribution in [2.24, 2.45) is 0 Å². The Morgan fingerprint density at radius 2 is 2.05 bits per heavy atom. The number of carbonyl (C=O) groups is 1. The first-order valence-corrected chi connectivity index (χ1v) is 7.54. The van der Waals surface area contributed by atoms with Gasteiger partial charge in [-0.3, -0.25) is 4.79 Å². The minimum absolute atomic E-state index is 0.102. The molecule has 2 rings (SSSR count). The lowest BCUT2D eigenvalue weighted by atomic mass is 9.92. The van der Waals surface area contributed by atoms with Gasteiger partial charge in [0.1, 0.15) is 0 Å². The molecule has 1 aromatic carbocycles. The van der Waals surface area contributed by atoms with Crippen LogP contribution < -0.4 is 10.6 Å². The van der Waals surface area contributed by atoms with Crippen LogP contribution in [-0.4, -0.2) is 29.7 Å². The summed E-state index contributed by atoms with van der Waals surface area (Å²) in [5.41, 5.74) is 1.51. The smallest absolute Gasteiger partial charge is 0.253 e. The molecule has 3 N–H and O–H groups in total. The van der Waals surface area contributed by atoms with E-state index in [9.17, 15) is 9.90 Å². The molecule has 0 aromatic heterocycles. The summed E-state index contributed by atoms with van der Waals surface area (Å²) >= 11 is 0. The molecule has 0 radical (unpaired) electrons. The van der Waals surface area contributed by atoms with Gasteiger partial charge in [0.15, 0.2) is 0 Å². The number of amides is 1. The van der Waals surface area contributed by atoms with E-state index in [1.165, 1.54) is 0 Å². The average Bonchev–Trinajstić information content (AvgIpc) is 2.47. The highest BCUT2D eigenvalue weighted by Crippen LogP contribution is 2.20. The molecular formula is C16H24N2O2. The number of hydrogen-bond donors (Lipinski definition) is 3. The van der Waals surface area contributed by atoms with Gasteiger partial charge in [0.05, 0.1) is 17.7 Å². The second-order valence-corrected chi connectivity index (χ2v) is 5.40. The van der Waals surface area contributed by atoms with Crippen LogP contribution in [0.1, 0.15) is 49.4 Å². The van der Waals surface area contributed by atoms with Crippen molar-refractivity contribution in [3.05, 3.63) is 29.8 Å². The second kappa shape index (κ2) is 7.29. The first-order chi connectivity index (χ1) is 9.72. The fraction of sp³-hybridized carbons (Fsp3) is 0.562. The topological polar surface area (TPSA) is 61.4 Å². The average molecular weight is 276 g/mol. The number of aliphatic hydroxyl groups excluding tert-OH is 1. The molecule has 1 aromatic rings. The number of rotatable bonds is 5. The van der Waals surface area contributed by atoms with Crippen molar-refractivity contribution in [3.63, 3.8) is 0 Å². The van der Waals surface area contributed by atoms with E-state index in [0.717, 1.165) is 44.3 Å². The number of nitrogens with one attached hydrogen (secondary N) is 2. The second-order valence-electron chi connectivity index (χ2n) is 5.40. The van der Waals surface area contributed by atoms with E-state index in [4.69, 9.17) is 0 Å². The Kier molecular flexibility index (Phi) is 5.41. The van der Waals surface area contributed by atoms with Crippen LogP contribution in [0.4, 0.5) is 5.69 Å². The van der Waals surface area contributed by atoms with Crippen molar-refractivity contribution < 1.29 is 9.90 Å². The molecule has 1 aliphatic rings. The number of hydrogen-bond acceptors (Lipinski definition) is 3. The van der Waals surface area contributed by atoms with Crippen LogP contribution in [-0.2, 0) is 0 Å². The third-order valence-electron chi connectivity index (χ3n) is 3.78. The quantitative estimate of drug-likeness (QED) is 0.774. The largest absolute Gasteiger partial charge is 0.391 e. The molecule has 1 saturated carbocycles. The number of para-hydroxylation sites is 1. The third-order valence-corrected chi connectivity index (χ3v) is 3.78. The van der Waals surface area contributed by atoms with Crippen LogP contribution in [0.15, 0.2) is 24.3 Å². The first kappa shape index (κ1) is 14.9. The Morgan fingerprint density at radius 1 is 1.30 bits per heavy atom. The summed E-state index contributed by atoms with van der Waals surface area (Å²) in [7, 11) is 0. The summed E-state index contributed by atoms with van der Waals surface area (Å²) in [6.07, 6.45) is 4.35. The highest BCUT2D eigenvalue weighted by molar-refractivity contribution is 5.99. The SMILES string of the molecule is CCCNc1ccccc1C(=O)NC1CCCCC1O. The van der Waals surface area contributed by atoms with Crippen molar-refractivity contribution in [3.8, 4) is 0 Å². The van der Waals surface area contributed by atoms with Gasteiger partial charge in [-0.1, -0.05) is 31.9 Å². The summed E-state index contributed by atoms with van der Waals surface area (Å²) in [5, 5.41) is 16.2. The molecule has 1 amide bonds. The molecule has 20 heavy (non-hydrogen) atoms. The van der Waals surface area contributed by atoms with Gasteiger partial charge in [-0.25, -0.2) is 0 Å². The minimum Gasteiger partial charge on any atom is -0.391 e. The Morgan fingerprint density at radius 3 is 2.80 bits per heavy atom. The van der Waals surface area contributed by atoms with Crippen molar-refractivity contribution in [1.82, 2.24) is 5.32 Å². The van der Waals surface area contributed by atoms with E-state index in [1.807, 2.05) is 24.3 Å². The summed E-state index contributed by atoms with van der Waals surface area (Å²) < 4.78 is 0. The van der Waals surface area contributed by atoms with Gasteiger partial charge in [0.25, 0.3) is 5.91 Å². The van der Waals surface area contributed by atoms with Crippen molar-refractivity contribution in [2.45, 2.75) is 51.2 Å². The highest BCUT2D eigenvalue weighted by Gasteiger charge is 2.25. The van der Waals surface area contributed by atoms with E-state index in [-0.39, 0.29) is 11.9 Å². The van der Waals surface area contributed by atoms with E-state index in [2.05, 4.69) is 17.6 Å². The molecule has 1 fully saturated rings. The van der Waals surface area contributed by atoms with Gasteiger partial charge in [0.2, 0.25) is 0 Å². The number of carbonyl (C=O) groups excluding carboxylic acids is 1. The van der Waals surface area contributed by atoms with Gasteiger partial charge in [-0.2, -0.15) is 0 Å². The number of benzene rings is 1. The zero-order valence-electron chi connectivity index (χ0n) is 12.1. The maximum Gasteiger partial charge on any atom is 0.253 e. The van der Waals surface area contributed by atoms with Crippen molar-refractivity contribution in [1.29, 1.82) is 0 Å². The Hall–Kier alpha value is -1.55. The van der Waals surface area contributed by atoms with Crippen LogP contribution in [0.2, 0.25) is 0 Å². The Bertz CT molecular complexity index is 448. The molecule has 2 unspecified atom stereocenters. The molecule has 4 nitrogen and oxygen atoms in total. The zero-order chi connectivity index (χ0) is 14.4. The van der Waals surface area contributed by atoms with Crippen molar-refractivity contribution >= 4 is 11.6 Å². The summed E-state index contributed by atoms with van der Waals surface area (Å²) in [6, 6.07) is 7.41. The maximum absolute atomic E-state index is 12.4. The standard InChI is InChI=1S/C16H24N2O2/c1-2-11-17-13-8-4-3-7-12(13)16(20)18-14-9-5-6-10-15(14)19/h3-4,7-8,14-15,17,19H,2,5-6,9-11H2,1H3,(H,18,20). The van der Waals surface area contributed by atoms with Gasteiger partial charge < -0.3 is 15.7 Å². The van der Waals surface area contributed by atoms with E-state index in [1.54, 1.807) is 0 Å². The van der Waals surface area contributed by atoms with Gasteiger partial charge in [0, 0.05) is 12.2 Å². The summed E-state index contributed by atoms with van der Waals surface area (Å²) in [4.78, 5) is 12.4. The number of aliphatic hydroxyl groups is 1. The molecule has 0 spiro atoms. The predicted octanol–water partition coefficient (Wildman–Crippen LogP) is 2.54. The molecule has 110 valence electrons. The third kappa shape index (κ3) is 3.73. The van der Waals surface area contributed by atoms with Gasteiger partial charge in [-0.05, 0) is 31.4 Å². The van der Waals surface area contributed by atoms with Gasteiger partial charge in [-0.15, -0.1) is 0 Å². The van der Waals surface area contributed by atoms with Crippen LogP contribution >= 0.6 is 0 Å². The molecule has 2 atom stereocenters. The Labute approximate surface area is 120 Å². The normalized spacial score (nSPS) is 22.3. The summed E-state index contributed by atoms with van der Waals surface area (Å²) in [6.45, 7) is 2.93. The first-order valence-electron chi connectivity index (χ1n) is 7.54. The lowest BCUT2D eigenvalue weighted by Gasteiger charge is -2.28. The van der Waals surface area contributed by atoms with Crippen LogP contribution in [0.3, 0.4) is 0 Å². The lowest BCUT2D eigenvalue weighted by Crippen LogP contribution is -2.45. The van der Waals surface area contributed by atoms with E-state index >= 15 is 0 Å². The fourth-order valence-electron chi connectivity index (χ4n) is 2.62. The molecule has 0 bridgehead atoms. The molecule has 4 heteroatoms. The van der Waals surface area contributed by atoms with Crippen LogP contribution in [0.5, 0.6) is 0 Å². The molecule has 1 aliphatic carbocycles.